The van der Waals surface area contributed by atoms with E-state index in [-0.39, 0.29) is 0 Å². The average Bonchev–Trinajstić information content (AvgIpc) is 1.97. The normalized spacial score (nSPS) is 8.60. The van der Waals surface area contributed by atoms with E-state index in [9.17, 15) is 0 Å². The molecule has 0 aromatic rings. The first kappa shape index (κ1) is 9.85. The Bertz CT molecular complexity index is 108. The molecule has 0 atom stereocenters. The molecule has 0 aromatic carbocycles. The van der Waals surface area contributed by atoms with Crippen LogP contribution in [0, 0.1) is 11.8 Å². The third kappa shape index (κ3) is 7.85. The van der Waals surface area contributed by atoms with Gasteiger partial charge in [0.25, 0.3) is 0 Å². The molecule has 0 amide bonds. The van der Waals surface area contributed by atoms with Crippen molar-refractivity contribution in [3.63, 3.8) is 0 Å². The monoisotopic (exact) mass is 158 g/mol. The van der Waals surface area contributed by atoms with Crippen LogP contribution in [-0.4, -0.2) is 5.88 Å². The molecular weight excluding hydrogens is 144 g/mol. The number of unbranched alkanes of at least 4 members (excludes halogenated alkanes) is 4. The fourth-order valence-corrected chi connectivity index (χ4v) is 0.870. The lowest BCUT2D eigenvalue weighted by Crippen LogP contribution is -1.73. The highest BCUT2D eigenvalue weighted by Crippen LogP contribution is 2.00. The molecule has 0 spiro atoms. The second-order valence-corrected chi connectivity index (χ2v) is 2.57. The summed E-state index contributed by atoms with van der Waals surface area (Å²) in [6.45, 7) is 2.21. The summed E-state index contributed by atoms with van der Waals surface area (Å²) < 4.78 is 0. The van der Waals surface area contributed by atoms with Crippen molar-refractivity contribution in [2.24, 2.45) is 0 Å². The summed E-state index contributed by atoms with van der Waals surface area (Å²) in [5.41, 5.74) is 0. The van der Waals surface area contributed by atoms with Crippen molar-refractivity contribution >= 4 is 11.6 Å². The second-order valence-electron chi connectivity index (χ2n) is 2.30. The standard InChI is InChI=1S/C9H15Cl/c1-2-3-4-5-6-7-8-9-10/h2-6,9H2,1H3. The molecule has 1 heteroatoms. The zero-order chi connectivity index (χ0) is 7.66. The van der Waals surface area contributed by atoms with Gasteiger partial charge in [0.2, 0.25) is 0 Å². The van der Waals surface area contributed by atoms with Crippen LogP contribution in [0.15, 0.2) is 0 Å². The minimum absolute atomic E-state index is 0.480. The molecule has 10 heavy (non-hydrogen) atoms. The number of alkyl halides is 1. The minimum atomic E-state index is 0.480. The van der Waals surface area contributed by atoms with Gasteiger partial charge in [0.1, 0.15) is 0 Å². The highest BCUT2D eigenvalue weighted by atomic mass is 35.5. The van der Waals surface area contributed by atoms with Gasteiger partial charge < -0.3 is 0 Å². The first-order chi connectivity index (χ1) is 4.91. The van der Waals surface area contributed by atoms with E-state index in [0.29, 0.717) is 5.88 Å². The van der Waals surface area contributed by atoms with Gasteiger partial charge in [-0.3, -0.25) is 0 Å². The Labute approximate surface area is 69.0 Å². The summed E-state index contributed by atoms with van der Waals surface area (Å²) in [4.78, 5) is 0. The number of hydrogen-bond donors (Lipinski definition) is 0. The van der Waals surface area contributed by atoms with Gasteiger partial charge in [-0.05, 0) is 6.42 Å². The van der Waals surface area contributed by atoms with Crippen molar-refractivity contribution in [1.82, 2.24) is 0 Å². The van der Waals surface area contributed by atoms with Gasteiger partial charge in [0.15, 0.2) is 0 Å². The van der Waals surface area contributed by atoms with Crippen molar-refractivity contribution in [2.75, 3.05) is 5.88 Å². The summed E-state index contributed by atoms with van der Waals surface area (Å²) in [6, 6.07) is 0. The maximum Gasteiger partial charge on any atom is 0.0835 e. The van der Waals surface area contributed by atoms with Crippen LogP contribution in [0.2, 0.25) is 0 Å². The van der Waals surface area contributed by atoms with E-state index in [1.807, 2.05) is 0 Å². The van der Waals surface area contributed by atoms with E-state index in [0.717, 1.165) is 6.42 Å². The highest BCUT2D eigenvalue weighted by molar-refractivity contribution is 6.19. The molecule has 0 aliphatic rings. The van der Waals surface area contributed by atoms with Gasteiger partial charge in [0.05, 0.1) is 5.88 Å². The van der Waals surface area contributed by atoms with Gasteiger partial charge in [-0.1, -0.05) is 32.1 Å². The van der Waals surface area contributed by atoms with E-state index < -0.39 is 0 Å². The molecule has 0 bridgehead atoms. The Morgan fingerprint density at radius 2 is 1.90 bits per heavy atom. The molecule has 0 aliphatic heterocycles. The topological polar surface area (TPSA) is 0 Å². The SMILES string of the molecule is CCCCCCC#CCCl. The largest absolute Gasteiger partial charge is 0.113 e. The fraction of sp³-hybridized carbons (Fsp3) is 0.778. The third-order valence-corrected chi connectivity index (χ3v) is 1.48. The molecule has 0 aliphatic carbocycles. The van der Waals surface area contributed by atoms with Crippen LogP contribution >= 0.6 is 11.6 Å². The summed E-state index contributed by atoms with van der Waals surface area (Å²) in [5, 5.41) is 0. The Hall–Kier alpha value is -0.150. The molecule has 0 radical (unpaired) electrons. The zero-order valence-electron chi connectivity index (χ0n) is 6.62. The lowest BCUT2D eigenvalue weighted by Gasteiger charge is -1.91. The van der Waals surface area contributed by atoms with Crippen LogP contribution in [0.5, 0.6) is 0 Å². The van der Waals surface area contributed by atoms with E-state index >= 15 is 0 Å². The Balaban J connectivity index is 2.90. The van der Waals surface area contributed by atoms with Crippen LogP contribution in [-0.2, 0) is 0 Å². The molecule has 0 saturated heterocycles. The smallest absolute Gasteiger partial charge is 0.0835 e. The van der Waals surface area contributed by atoms with Crippen molar-refractivity contribution < 1.29 is 0 Å². The minimum Gasteiger partial charge on any atom is -0.113 e. The first-order valence-electron chi connectivity index (χ1n) is 3.93. The molecule has 0 heterocycles. The average molecular weight is 159 g/mol. The van der Waals surface area contributed by atoms with Gasteiger partial charge in [0, 0.05) is 6.42 Å². The molecule has 0 unspecified atom stereocenters. The molecule has 0 N–H and O–H groups in total. The summed E-state index contributed by atoms with van der Waals surface area (Å²) in [7, 11) is 0. The first-order valence-corrected chi connectivity index (χ1v) is 4.47. The number of hydrogen-bond acceptors (Lipinski definition) is 0. The predicted octanol–water partition coefficient (Wildman–Crippen LogP) is 3.20. The Morgan fingerprint density at radius 3 is 2.50 bits per heavy atom. The lowest BCUT2D eigenvalue weighted by molar-refractivity contribution is 0.679. The van der Waals surface area contributed by atoms with Gasteiger partial charge in [-0.25, -0.2) is 0 Å². The molecular formula is C9H15Cl. The van der Waals surface area contributed by atoms with E-state index in [1.54, 1.807) is 0 Å². The molecule has 0 nitrogen and oxygen atoms in total. The van der Waals surface area contributed by atoms with Crippen LogP contribution in [0.4, 0.5) is 0 Å². The fourth-order valence-electron chi connectivity index (χ4n) is 0.776. The maximum atomic E-state index is 5.37. The number of rotatable bonds is 4. The Kier molecular flexibility index (Phi) is 8.72. The second kappa shape index (κ2) is 8.85. The Morgan fingerprint density at radius 1 is 1.10 bits per heavy atom. The van der Waals surface area contributed by atoms with Crippen LogP contribution in [0.25, 0.3) is 0 Å². The lowest BCUT2D eigenvalue weighted by atomic mass is 10.2. The summed E-state index contributed by atoms with van der Waals surface area (Å²) in [5.74, 6) is 6.33. The summed E-state index contributed by atoms with van der Waals surface area (Å²) >= 11 is 5.37. The molecule has 0 fully saturated rings. The molecule has 0 rings (SSSR count). The van der Waals surface area contributed by atoms with E-state index in [4.69, 9.17) is 11.6 Å². The van der Waals surface area contributed by atoms with Gasteiger partial charge in [-0.15, -0.1) is 17.5 Å². The maximum absolute atomic E-state index is 5.37. The van der Waals surface area contributed by atoms with E-state index in [2.05, 4.69) is 18.8 Å². The molecule has 58 valence electrons. The summed E-state index contributed by atoms with van der Waals surface area (Å²) in [6.07, 6.45) is 6.20. The highest BCUT2D eigenvalue weighted by Gasteiger charge is 1.82. The van der Waals surface area contributed by atoms with Crippen molar-refractivity contribution in [2.45, 2.75) is 39.0 Å². The molecule has 0 saturated carbocycles. The predicted molar refractivity (Wildman–Crippen MR) is 47.3 cm³/mol. The van der Waals surface area contributed by atoms with Crippen LogP contribution < -0.4 is 0 Å². The third-order valence-electron chi connectivity index (χ3n) is 1.35. The van der Waals surface area contributed by atoms with Crippen LogP contribution in [0.3, 0.4) is 0 Å². The zero-order valence-corrected chi connectivity index (χ0v) is 7.38. The quantitative estimate of drug-likeness (QED) is 0.335. The van der Waals surface area contributed by atoms with Crippen molar-refractivity contribution in [3.05, 3.63) is 0 Å². The number of halogens is 1. The molecule has 0 aromatic heterocycles. The van der Waals surface area contributed by atoms with Crippen LogP contribution in [0.1, 0.15) is 39.0 Å². The van der Waals surface area contributed by atoms with E-state index in [1.165, 1.54) is 25.7 Å². The van der Waals surface area contributed by atoms with Crippen molar-refractivity contribution in [3.8, 4) is 11.8 Å². The van der Waals surface area contributed by atoms with Crippen molar-refractivity contribution in [1.29, 1.82) is 0 Å². The van der Waals surface area contributed by atoms with Gasteiger partial charge in [-0.2, -0.15) is 0 Å². The van der Waals surface area contributed by atoms with Gasteiger partial charge >= 0.3 is 0 Å².